The summed E-state index contributed by atoms with van der Waals surface area (Å²) in [6, 6.07) is 6.37. The second kappa shape index (κ2) is 8.62. The fourth-order valence-corrected chi connectivity index (χ4v) is 3.17. The third-order valence-electron chi connectivity index (χ3n) is 4.56. The lowest BCUT2D eigenvalue weighted by Crippen LogP contribution is -2.45. The van der Waals surface area contributed by atoms with Gasteiger partial charge in [-0.15, -0.1) is 0 Å². The van der Waals surface area contributed by atoms with Crippen molar-refractivity contribution < 1.29 is 22.6 Å². The van der Waals surface area contributed by atoms with Crippen molar-refractivity contribution in [1.29, 1.82) is 0 Å². The molecule has 3 heterocycles. The molecule has 1 fully saturated rings. The normalized spacial score (nSPS) is 15.9. The van der Waals surface area contributed by atoms with Gasteiger partial charge in [0, 0.05) is 26.2 Å². The van der Waals surface area contributed by atoms with Crippen LogP contribution in [0.15, 0.2) is 33.3 Å². The maximum atomic E-state index is 12.6. The topological polar surface area (TPSA) is 93.6 Å². The lowest BCUT2D eigenvalue weighted by Gasteiger charge is -2.32. The van der Waals surface area contributed by atoms with Crippen molar-refractivity contribution >= 4 is 0 Å². The van der Waals surface area contributed by atoms with Crippen LogP contribution in [-0.2, 0) is 13.1 Å². The van der Waals surface area contributed by atoms with Gasteiger partial charge in [0.25, 0.3) is 0 Å². The second-order valence-electron chi connectivity index (χ2n) is 6.67. The van der Waals surface area contributed by atoms with Gasteiger partial charge >= 0.3 is 6.61 Å². The molecule has 3 aromatic rings. The first-order valence-corrected chi connectivity index (χ1v) is 9.17. The van der Waals surface area contributed by atoms with Gasteiger partial charge in [0.15, 0.2) is 5.82 Å². The fourth-order valence-electron chi connectivity index (χ4n) is 3.17. The van der Waals surface area contributed by atoms with Crippen molar-refractivity contribution in [2.45, 2.75) is 26.6 Å². The Morgan fingerprint density at radius 3 is 2.21 bits per heavy atom. The molecule has 0 aliphatic carbocycles. The smallest absolute Gasteiger partial charge is 0.387 e. The number of aryl methyl sites for hydroxylation is 1. The van der Waals surface area contributed by atoms with Crippen LogP contribution in [0.25, 0.3) is 11.4 Å². The van der Waals surface area contributed by atoms with Crippen LogP contribution in [0.2, 0.25) is 0 Å². The average Bonchev–Trinajstić information content (AvgIpc) is 3.32. The number of benzene rings is 1. The largest absolute Gasteiger partial charge is 0.434 e. The molecule has 0 spiro atoms. The molecule has 9 nitrogen and oxygen atoms in total. The molecule has 29 heavy (non-hydrogen) atoms. The number of rotatable bonds is 7. The van der Waals surface area contributed by atoms with Crippen molar-refractivity contribution in [2.24, 2.45) is 0 Å². The van der Waals surface area contributed by atoms with Crippen LogP contribution in [0.1, 0.15) is 17.6 Å². The van der Waals surface area contributed by atoms with Crippen LogP contribution in [-0.4, -0.2) is 62.9 Å². The first-order chi connectivity index (χ1) is 14.1. The van der Waals surface area contributed by atoms with Gasteiger partial charge in [-0.25, -0.2) is 0 Å². The number of para-hydroxylation sites is 1. The van der Waals surface area contributed by atoms with Crippen LogP contribution < -0.4 is 4.74 Å². The van der Waals surface area contributed by atoms with Gasteiger partial charge in [-0.1, -0.05) is 22.4 Å². The Kier molecular flexibility index (Phi) is 5.76. The second-order valence-corrected chi connectivity index (χ2v) is 6.67. The average molecular weight is 406 g/mol. The molecule has 1 aliphatic heterocycles. The summed E-state index contributed by atoms with van der Waals surface area (Å²) in [6.07, 6.45) is 0. The van der Waals surface area contributed by atoms with E-state index in [2.05, 4.69) is 34.8 Å². The quantitative estimate of drug-likeness (QED) is 0.586. The highest BCUT2D eigenvalue weighted by atomic mass is 19.3. The number of hydrogen-bond acceptors (Lipinski definition) is 9. The first-order valence-electron chi connectivity index (χ1n) is 9.17. The highest BCUT2D eigenvalue weighted by molar-refractivity contribution is 5.63. The maximum Gasteiger partial charge on any atom is 0.387 e. The zero-order valence-corrected chi connectivity index (χ0v) is 15.8. The summed E-state index contributed by atoms with van der Waals surface area (Å²) in [5.41, 5.74) is 0.363. The lowest BCUT2D eigenvalue weighted by molar-refractivity contribution is -0.0494. The minimum absolute atomic E-state index is 0.0136. The summed E-state index contributed by atoms with van der Waals surface area (Å²) in [7, 11) is 0. The van der Waals surface area contributed by atoms with Gasteiger partial charge in [0.05, 0.1) is 18.7 Å². The Hall–Kier alpha value is -2.92. The molecule has 0 N–H and O–H groups in total. The predicted octanol–water partition coefficient (Wildman–Crippen LogP) is 2.35. The van der Waals surface area contributed by atoms with Gasteiger partial charge in [-0.3, -0.25) is 9.80 Å². The van der Waals surface area contributed by atoms with Crippen LogP contribution in [0.3, 0.4) is 0 Å². The van der Waals surface area contributed by atoms with Crippen LogP contribution in [0, 0.1) is 6.92 Å². The molecule has 1 aromatic carbocycles. The van der Waals surface area contributed by atoms with E-state index in [1.54, 1.807) is 25.1 Å². The van der Waals surface area contributed by atoms with Crippen molar-refractivity contribution in [2.75, 3.05) is 26.2 Å². The summed E-state index contributed by atoms with van der Waals surface area (Å²) in [5.74, 6) is 1.91. The molecular formula is C18H20F2N6O3. The minimum atomic E-state index is -2.92. The Balaban J connectivity index is 1.33. The molecule has 0 unspecified atom stereocenters. The Labute approximate surface area is 165 Å². The maximum absolute atomic E-state index is 12.6. The van der Waals surface area contributed by atoms with Gasteiger partial charge in [0.1, 0.15) is 5.75 Å². The Morgan fingerprint density at radius 1 is 0.966 bits per heavy atom. The number of halogens is 2. The van der Waals surface area contributed by atoms with E-state index in [0.717, 1.165) is 26.2 Å². The van der Waals surface area contributed by atoms with Gasteiger partial charge < -0.3 is 13.8 Å². The summed E-state index contributed by atoms with van der Waals surface area (Å²) in [4.78, 5) is 13.0. The van der Waals surface area contributed by atoms with E-state index >= 15 is 0 Å². The minimum Gasteiger partial charge on any atom is -0.434 e. The standard InChI is InChI=1S/C18H20F2N6O3/c1-12-21-15(28-23-12)10-25-6-8-26(9-7-25)11-16-22-17(24-29-16)13-4-2-3-5-14(13)27-18(19)20/h2-5,18H,6-11H2,1H3. The number of aromatic nitrogens is 4. The van der Waals surface area contributed by atoms with Crippen LogP contribution in [0.5, 0.6) is 5.75 Å². The zero-order chi connectivity index (χ0) is 20.2. The Morgan fingerprint density at radius 2 is 1.59 bits per heavy atom. The molecular weight excluding hydrogens is 386 g/mol. The molecule has 2 aromatic heterocycles. The van der Waals surface area contributed by atoms with Crippen LogP contribution >= 0.6 is 0 Å². The number of hydrogen-bond donors (Lipinski definition) is 0. The molecule has 154 valence electrons. The van der Waals surface area contributed by atoms with Gasteiger partial charge in [-0.05, 0) is 19.1 Å². The van der Waals surface area contributed by atoms with E-state index in [1.165, 1.54) is 6.07 Å². The molecule has 0 radical (unpaired) electrons. The molecule has 1 saturated heterocycles. The van der Waals surface area contributed by atoms with Crippen molar-refractivity contribution in [3.05, 3.63) is 41.9 Å². The monoisotopic (exact) mass is 406 g/mol. The first kappa shape index (κ1) is 19.4. The summed E-state index contributed by atoms with van der Waals surface area (Å²) >= 11 is 0. The van der Waals surface area contributed by atoms with Crippen molar-refractivity contribution in [3.63, 3.8) is 0 Å². The SMILES string of the molecule is Cc1noc(CN2CCN(Cc3nc(-c4ccccc4OC(F)F)no3)CC2)n1. The molecule has 0 amide bonds. The Bertz CT molecular complexity index is 939. The molecule has 4 rings (SSSR count). The van der Waals surface area contributed by atoms with E-state index in [0.29, 0.717) is 36.3 Å². The number of alkyl halides is 2. The third-order valence-corrected chi connectivity index (χ3v) is 4.56. The van der Waals surface area contributed by atoms with Gasteiger partial charge in [0.2, 0.25) is 17.6 Å². The molecule has 11 heteroatoms. The van der Waals surface area contributed by atoms with E-state index in [9.17, 15) is 8.78 Å². The van der Waals surface area contributed by atoms with Crippen molar-refractivity contribution in [3.8, 4) is 17.1 Å². The fraction of sp³-hybridized carbons (Fsp3) is 0.444. The molecule has 0 saturated carbocycles. The highest BCUT2D eigenvalue weighted by Crippen LogP contribution is 2.29. The molecule has 1 aliphatic rings. The summed E-state index contributed by atoms with van der Waals surface area (Å²) in [6.45, 7) is 3.29. The zero-order valence-electron chi connectivity index (χ0n) is 15.8. The molecule has 0 bridgehead atoms. The number of ether oxygens (including phenoxy) is 1. The predicted molar refractivity (Wildman–Crippen MR) is 96.0 cm³/mol. The van der Waals surface area contributed by atoms with E-state index < -0.39 is 6.61 Å². The highest BCUT2D eigenvalue weighted by Gasteiger charge is 2.22. The lowest BCUT2D eigenvalue weighted by atomic mass is 10.2. The van der Waals surface area contributed by atoms with E-state index in [1.807, 2.05) is 0 Å². The van der Waals surface area contributed by atoms with E-state index in [4.69, 9.17) is 9.05 Å². The van der Waals surface area contributed by atoms with Gasteiger partial charge in [-0.2, -0.15) is 18.7 Å². The van der Waals surface area contributed by atoms with Crippen molar-refractivity contribution in [1.82, 2.24) is 30.1 Å². The number of piperazine rings is 1. The molecule has 0 atom stereocenters. The van der Waals surface area contributed by atoms with E-state index in [-0.39, 0.29) is 11.6 Å². The third kappa shape index (κ3) is 4.93. The summed E-state index contributed by atoms with van der Waals surface area (Å²) < 4.78 is 40.2. The number of nitrogens with zero attached hydrogens (tertiary/aromatic N) is 6. The van der Waals surface area contributed by atoms with Crippen LogP contribution in [0.4, 0.5) is 8.78 Å². The summed E-state index contributed by atoms with van der Waals surface area (Å²) in [5, 5.41) is 7.72.